The summed E-state index contributed by atoms with van der Waals surface area (Å²) in [5.41, 5.74) is 4.99. The Morgan fingerprint density at radius 1 is 0.552 bits per heavy atom. The number of rotatable bonds is 4. The molecular formula is C26H20N2O. The van der Waals surface area contributed by atoms with Crippen LogP contribution in [0.5, 0.6) is 0 Å². The second-order valence-electron chi connectivity index (χ2n) is 7.01. The smallest absolute Gasteiger partial charge is 0.236 e. The van der Waals surface area contributed by atoms with Gasteiger partial charge in [-0.1, -0.05) is 97.1 Å². The molecule has 0 amide bonds. The van der Waals surface area contributed by atoms with Crippen LogP contribution in [0.3, 0.4) is 0 Å². The molecule has 2 atom stereocenters. The molecule has 1 aromatic heterocycles. The van der Waals surface area contributed by atoms with Crippen LogP contribution >= 0.6 is 0 Å². The normalized spacial score (nSPS) is 18.1. The highest BCUT2D eigenvalue weighted by Gasteiger charge is 2.34. The number of nitrogens with zero attached hydrogens (tertiary/aromatic N) is 2. The van der Waals surface area contributed by atoms with Crippen molar-refractivity contribution in [1.29, 1.82) is 0 Å². The van der Waals surface area contributed by atoms with Crippen molar-refractivity contribution in [2.75, 3.05) is 0 Å². The maximum atomic E-state index is 6.38. The van der Waals surface area contributed by atoms with Crippen molar-refractivity contribution in [3.05, 3.63) is 126 Å². The van der Waals surface area contributed by atoms with E-state index in [4.69, 9.17) is 14.7 Å². The number of aromatic nitrogens is 1. The third kappa shape index (κ3) is 3.55. The van der Waals surface area contributed by atoms with Crippen LogP contribution in [0.4, 0.5) is 0 Å². The summed E-state index contributed by atoms with van der Waals surface area (Å²) in [4.78, 5) is 9.78. The lowest BCUT2D eigenvalue weighted by Crippen LogP contribution is -2.10. The van der Waals surface area contributed by atoms with Crippen molar-refractivity contribution in [2.45, 2.75) is 12.1 Å². The largest absolute Gasteiger partial charge is 0.465 e. The maximum absolute atomic E-state index is 6.38. The average Bonchev–Trinajstić information content (AvgIpc) is 3.27. The molecule has 0 spiro atoms. The van der Waals surface area contributed by atoms with E-state index in [1.165, 1.54) is 0 Å². The van der Waals surface area contributed by atoms with Crippen LogP contribution in [0.25, 0.3) is 11.3 Å². The molecule has 140 valence electrons. The highest BCUT2D eigenvalue weighted by molar-refractivity contribution is 5.94. The lowest BCUT2D eigenvalue weighted by atomic mass is 9.97. The van der Waals surface area contributed by atoms with E-state index < -0.39 is 0 Å². The van der Waals surface area contributed by atoms with Gasteiger partial charge in [-0.15, -0.1) is 0 Å². The van der Waals surface area contributed by atoms with Gasteiger partial charge in [-0.05, 0) is 23.3 Å². The van der Waals surface area contributed by atoms with Gasteiger partial charge < -0.3 is 4.74 Å². The number of pyridine rings is 1. The standard InChI is InChI=1S/C26H20N2O/c1-4-11-19(12-5-1)22-17-10-18-23(27-22)26-28-24(20-13-6-2-7-14-20)25(29-26)21-15-8-3-9-16-21/h1-18,24-25H/t24-,25-/m0/s1. The molecule has 4 aromatic rings. The van der Waals surface area contributed by atoms with Crippen LogP contribution in [0.2, 0.25) is 0 Å². The topological polar surface area (TPSA) is 34.5 Å². The Labute approximate surface area is 170 Å². The summed E-state index contributed by atoms with van der Waals surface area (Å²) in [6.07, 6.45) is -0.171. The number of hydrogen-bond acceptors (Lipinski definition) is 3. The average molecular weight is 376 g/mol. The molecule has 5 rings (SSSR count). The first-order valence-electron chi connectivity index (χ1n) is 9.76. The van der Waals surface area contributed by atoms with Crippen molar-refractivity contribution < 1.29 is 4.74 Å². The molecule has 0 N–H and O–H groups in total. The first-order valence-corrected chi connectivity index (χ1v) is 9.76. The van der Waals surface area contributed by atoms with Crippen LogP contribution in [0, 0.1) is 0 Å². The van der Waals surface area contributed by atoms with Crippen LogP contribution in [-0.2, 0) is 4.74 Å². The Bertz CT molecular complexity index is 1120. The van der Waals surface area contributed by atoms with Gasteiger partial charge in [-0.2, -0.15) is 0 Å². The highest BCUT2D eigenvalue weighted by atomic mass is 16.5. The van der Waals surface area contributed by atoms with E-state index in [0.717, 1.165) is 28.1 Å². The second kappa shape index (κ2) is 7.72. The van der Waals surface area contributed by atoms with E-state index in [1.807, 2.05) is 72.8 Å². The van der Waals surface area contributed by atoms with Crippen LogP contribution in [0.15, 0.2) is 114 Å². The Balaban J connectivity index is 1.54. The van der Waals surface area contributed by atoms with Gasteiger partial charge in [0.15, 0.2) is 6.10 Å². The molecule has 1 aliphatic rings. The molecule has 0 fully saturated rings. The zero-order valence-corrected chi connectivity index (χ0v) is 15.8. The number of aliphatic imine (C=N–C) groups is 1. The minimum absolute atomic E-state index is 0.101. The minimum Gasteiger partial charge on any atom is -0.465 e. The third-order valence-corrected chi connectivity index (χ3v) is 5.09. The summed E-state index contributed by atoms with van der Waals surface area (Å²) in [6.45, 7) is 0. The molecule has 0 saturated carbocycles. The summed E-state index contributed by atoms with van der Waals surface area (Å²) < 4.78 is 6.38. The predicted molar refractivity (Wildman–Crippen MR) is 116 cm³/mol. The van der Waals surface area contributed by atoms with Crippen LogP contribution < -0.4 is 0 Å². The Kier molecular flexibility index (Phi) is 4.63. The predicted octanol–water partition coefficient (Wildman–Crippen LogP) is 6.01. The maximum Gasteiger partial charge on any atom is 0.236 e. The molecule has 0 unspecified atom stereocenters. The van der Waals surface area contributed by atoms with E-state index >= 15 is 0 Å². The Morgan fingerprint density at radius 2 is 1.14 bits per heavy atom. The zero-order valence-electron chi connectivity index (χ0n) is 15.8. The number of ether oxygens (including phenoxy) is 1. The molecular weight excluding hydrogens is 356 g/mol. The van der Waals surface area contributed by atoms with Gasteiger partial charge in [-0.3, -0.25) is 0 Å². The Morgan fingerprint density at radius 3 is 1.83 bits per heavy atom. The summed E-state index contributed by atoms with van der Waals surface area (Å²) in [5.74, 6) is 0.588. The van der Waals surface area contributed by atoms with Gasteiger partial charge in [0.2, 0.25) is 5.90 Å². The summed E-state index contributed by atoms with van der Waals surface area (Å²) >= 11 is 0. The van der Waals surface area contributed by atoms with Crippen molar-refractivity contribution in [3.63, 3.8) is 0 Å². The van der Waals surface area contributed by atoms with E-state index in [-0.39, 0.29) is 12.1 Å². The summed E-state index contributed by atoms with van der Waals surface area (Å²) in [7, 11) is 0. The molecule has 0 bridgehead atoms. The minimum atomic E-state index is -0.171. The Hall–Kier alpha value is -3.72. The second-order valence-corrected chi connectivity index (χ2v) is 7.01. The fourth-order valence-electron chi connectivity index (χ4n) is 3.65. The summed E-state index contributed by atoms with van der Waals surface area (Å²) in [6, 6.07) is 36.6. The van der Waals surface area contributed by atoms with E-state index in [1.54, 1.807) is 0 Å². The molecule has 0 aliphatic carbocycles. The molecule has 3 heteroatoms. The molecule has 1 aliphatic heterocycles. The van der Waals surface area contributed by atoms with Gasteiger partial charge in [0, 0.05) is 5.56 Å². The molecule has 3 aromatic carbocycles. The SMILES string of the molecule is c1ccc(-c2cccc(C3=N[C@@H](c4ccccc4)[C@H](c4ccccc4)O3)n2)cc1. The lowest BCUT2D eigenvalue weighted by Gasteiger charge is -2.18. The number of hydrogen-bond donors (Lipinski definition) is 0. The molecule has 0 radical (unpaired) electrons. The van der Waals surface area contributed by atoms with Gasteiger partial charge in [-0.25, -0.2) is 9.98 Å². The molecule has 2 heterocycles. The van der Waals surface area contributed by atoms with E-state index in [0.29, 0.717) is 5.90 Å². The van der Waals surface area contributed by atoms with Crippen LogP contribution in [0.1, 0.15) is 29.0 Å². The monoisotopic (exact) mass is 376 g/mol. The lowest BCUT2D eigenvalue weighted by molar-refractivity contribution is 0.196. The highest BCUT2D eigenvalue weighted by Crippen LogP contribution is 2.40. The van der Waals surface area contributed by atoms with Crippen LogP contribution in [-0.4, -0.2) is 10.9 Å². The summed E-state index contributed by atoms with van der Waals surface area (Å²) in [5, 5.41) is 0. The van der Waals surface area contributed by atoms with Crippen molar-refractivity contribution in [1.82, 2.24) is 4.98 Å². The zero-order chi connectivity index (χ0) is 19.5. The van der Waals surface area contributed by atoms with Gasteiger partial charge in [0.25, 0.3) is 0 Å². The van der Waals surface area contributed by atoms with Gasteiger partial charge >= 0.3 is 0 Å². The van der Waals surface area contributed by atoms with Crippen molar-refractivity contribution in [2.24, 2.45) is 4.99 Å². The fraction of sp³-hybridized carbons (Fsp3) is 0.0769. The van der Waals surface area contributed by atoms with Gasteiger partial charge in [0.05, 0.1) is 5.69 Å². The van der Waals surface area contributed by atoms with E-state index in [2.05, 4.69) is 36.4 Å². The first-order chi connectivity index (χ1) is 14.4. The van der Waals surface area contributed by atoms with Crippen molar-refractivity contribution >= 4 is 5.90 Å². The van der Waals surface area contributed by atoms with Gasteiger partial charge in [0.1, 0.15) is 11.7 Å². The number of benzene rings is 3. The first kappa shape index (κ1) is 17.4. The molecule has 0 saturated heterocycles. The third-order valence-electron chi connectivity index (χ3n) is 5.09. The quantitative estimate of drug-likeness (QED) is 0.437. The molecule has 3 nitrogen and oxygen atoms in total. The molecule has 29 heavy (non-hydrogen) atoms. The van der Waals surface area contributed by atoms with E-state index in [9.17, 15) is 0 Å². The fourth-order valence-corrected chi connectivity index (χ4v) is 3.65. The van der Waals surface area contributed by atoms with Crippen molar-refractivity contribution in [3.8, 4) is 11.3 Å².